The van der Waals surface area contributed by atoms with Crippen molar-refractivity contribution < 1.29 is 9.72 Å². The topological polar surface area (TPSA) is 87.5 Å². The van der Waals surface area contributed by atoms with Gasteiger partial charge in [0.2, 0.25) is 0 Å². The van der Waals surface area contributed by atoms with Crippen LogP contribution in [0.25, 0.3) is 0 Å². The number of benzene rings is 2. The first-order valence-corrected chi connectivity index (χ1v) is 9.90. The Morgan fingerprint density at radius 2 is 1.72 bits per heavy atom. The largest absolute Gasteiger partial charge is 0.366 e. The van der Waals surface area contributed by atoms with Gasteiger partial charge in [-0.25, -0.2) is 0 Å². The minimum absolute atomic E-state index is 0.0661. The molecule has 0 radical (unpaired) electrons. The Morgan fingerprint density at radius 1 is 1.10 bits per heavy atom. The van der Waals surface area contributed by atoms with Gasteiger partial charge < -0.3 is 10.2 Å². The van der Waals surface area contributed by atoms with E-state index in [4.69, 9.17) is 12.2 Å². The predicted octanol–water partition coefficient (Wildman–Crippen LogP) is 4.25. The van der Waals surface area contributed by atoms with Crippen LogP contribution in [0.3, 0.4) is 0 Å². The summed E-state index contributed by atoms with van der Waals surface area (Å²) < 4.78 is 0. The van der Waals surface area contributed by atoms with Crippen molar-refractivity contribution in [3.8, 4) is 0 Å². The average molecular weight is 413 g/mol. The first kappa shape index (κ1) is 20.7. The number of aryl methyl sites for hydroxylation is 3. The van der Waals surface area contributed by atoms with E-state index in [1.165, 1.54) is 6.07 Å². The van der Waals surface area contributed by atoms with Crippen LogP contribution in [0.4, 0.5) is 17.1 Å². The van der Waals surface area contributed by atoms with E-state index in [9.17, 15) is 14.9 Å². The second-order valence-corrected chi connectivity index (χ2v) is 7.74. The smallest absolute Gasteiger partial charge is 0.293 e. The highest BCUT2D eigenvalue weighted by Crippen LogP contribution is 2.31. The van der Waals surface area contributed by atoms with Crippen molar-refractivity contribution in [2.45, 2.75) is 33.6 Å². The van der Waals surface area contributed by atoms with E-state index in [2.05, 4.69) is 10.6 Å². The third-order valence-corrected chi connectivity index (χ3v) is 5.23. The number of anilines is 2. The second-order valence-electron chi connectivity index (χ2n) is 7.34. The minimum atomic E-state index is -0.485. The van der Waals surface area contributed by atoms with Gasteiger partial charge in [-0.2, -0.15) is 0 Å². The molecule has 0 bridgehead atoms. The van der Waals surface area contributed by atoms with Gasteiger partial charge in [0.15, 0.2) is 5.11 Å². The van der Waals surface area contributed by atoms with Crippen molar-refractivity contribution in [1.82, 2.24) is 5.32 Å². The van der Waals surface area contributed by atoms with Gasteiger partial charge in [0.1, 0.15) is 5.69 Å². The van der Waals surface area contributed by atoms with Gasteiger partial charge in [0, 0.05) is 30.4 Å². The maximum absolute atomic E-state index is 12.6. The van der Waals surface area contributed by atoms with Gasteiger partial charge in [-0.1, -0.05) is 17.7 Å². The minimum Gasteiger partial charge on any atom is -0.366 e. The lowest BCUT2D eigenvalue weighted by Gasteiger charge is -2.18. The zero-order chi connectivity index (χ0) is 21.1. The average Bonchev–Trinajstić information content (AvgIpc) is 3.18. The fourth-order valence-electron chi connectivity index (χ4n) is 3.73. The Hall–Kier alpha value is -3.00. The van der Waals surface area contributed by atoms with Gasteiger partial charge in [0.25, 0.3) is 11.6 Å². The molecule has 1 heterocycles. The first-order valence-electron chi connectivity index (χ1n) is 9.50. The van der Waals surface area contributed by atoms with Crippen LogP contribution in [-0.4, -0.2) is 29.0 Å². The van der Waals surface area contributed by atoms with Crippen LogP contribution in [0.5, 0.6) is 0 Å². The van der Waals surface area contributed by atoms with Crippen molar-refractivity contribution in [2.75, 3.05) is 23.3 Å². The highest BCUT2D eigenvalue weighted by Gasteiger charge is 2.24. The van der Waals surface area contributed by atoms with Crippen molar-refractivity contribution in [3.63, 3.8) is 0 Å². The summed E-state index contributed by atoms with van der Waals surface area (Å²) in [5, 5.41) is 17.3. The van der Waals surface area contributed by atoms with Crippen molar-refractivity contribution in [3.05, 3.63) is 62.7 Å². The molecule has 1 amide bonds. The lowest BCUT2D eigenvalue weighted by Crippen LogP contribution is -2.34. The standard InChI is InChI=1S/C21H24N4O3S/c1-13-10-14(2)19(15(3)11-13)22-21(29)23-20(26)16-6-7-17(18(12-16)25(27)28)24-8-4-5-9-24/h6-7,10-12H,4-5,8-9H2,1-3H3,(H2,22,23,26,29). The normalized spacial score (nSPS) is 13.3. The van der Waals surface area contributed by atoms with E-state index in [1.807, 2.05) is 37.8 Å². The molecule has 2 aromatic carbocycles. The number of hydrogen-bond acceptors (Lipinski definition) is 5. The predicted molar refractivity (Wildman–Crippen MR) is 119 cm³/mol. The number of hydrogen-bond donors (Lipinski definition) is 2. The molecule has 2 N–H and O–H groups in total. The molecule has 1 aliphatic rings. The molecular weight excluding hydrogens is 388 g/mol. The Kier molecular flexibility index (Phi) is 6.12. The summed E-state index contributed by atoms with van der Waals surface area (Å²) in [6.45, 7) is 7.52. The first-order chi connectivity index (χ1) is 13.8. The van der Waals surface area contributed by atoms with Crippen LogP contribution in [0.1, 0.15) is 39.9 Å². The van der Waals surface area contributed by atoms with E-state index in [1.54, 1.807) is 12.1 Å². The third-order valence-electron chi connectivity index (χ3n) is 5.02. The number of nitrogens with one attached hydrogen (secondary N) is 2. The molecule has 8 heteroatoms. The maximum Gasteiger partial charge on any atom is 0.293 e. The number of thiocarbonyl (C=S) groups is 1. The number of nitrogens with zero attached hydrogens (tertiary/aromatic N) is 2. The molecule has 1 saturated heterocycles. The summed E-state index contributed by atoms with van der Waals surface area (Å²) >= 11 is 5.28. The molecule has 0 spiro atoms. The van der Waals surface area contributed by atoms with Gasteiger partial charge in [-0.05, 0) is 69.1 Å². The summed E-state index contributed by atoms with van der Waals surface area (Å²) in [6, 6.07) is 8.61. The SMILES string of the molecule is Cc1cc(C)c(NC(=S)NC(=O)c2ccc(N3CCCC3)c([N+](=O)[O-])c2)c(C)c1. The number of nitro groups is 1. The number of rotatable bonds is 4. The van der Waals surface area contributed by atoms with Crippen LogP contribution < -0.4 is 15.5 Å². The van der Waals surface area contributed by atoms with E-state index in [-0.39, 0.29) is 16.4 Å². The van der Waals surface area contributed by atoms with E-state index in [0.717, 1.165) is 48.3 Å². The second kappa shape index (κ2) is 8.57. The van der Waals surface area contributed by atoms with Gasteiger partial charge in [-0.15, -0.1) is 0 Å². The quantitative estimate of drug-likeness (QED) is 0.444. The molecule has 29 heavy (non-hydrogen) atoms. The Labute approximate surface area is 175 Å². The molecule has 0 saturated carbocycles. The van der Waals surface area contributed by atoms with Gasteiger partial charge in [0.05, 0.1) is 4.92 Å². The Balaban J connectivity index is 1.76. The molecule has 0 aliphatic carbocycles. The summed E-state index contributed by atoms with van der Waals surface area (Å²) in [5.41, 5.74) is 4.71. The van der Waals surface area contributed by atoms with Crippen LogP contribution in [0.15, 0.2) is 30.3 Å². The third kappa shape index (κ3) is 4.71. The summed E-state index contributed by atoms with van der Waals surface area (Å²) in [6.07, 6.45) is 2.02. The molecule has 0 unspecified atom stereocenters. The van der Waals surface area contributed by atoms with E-state index < -0.39 is 10.8 Å². The summed E-state index contributed by atoms with van der Waals surface area (Å²) in [5.74, 6) is -0.485. The van der Waals surface area contributed by atoms with E-state index >= 15 is 0 Å². The highest BCUT2D eigenvalue weighted by atomic mass is 32.1. The molecule has 7 nitrogen and oxygen atoms in total. The van der Waals surface area contributed by atoms with Crippen LogP contribution in [-0.2, 0) is 0 Å². The maximum atomic E-state index is 12.6. The van der Waals surface area contributed by atoms with Gasteiger partial charge in [-0.3, -0.25) is 20.2 Å². The number of carbonyl (C=O) groups excluding carboxylic acids is 1. The monoisotopic (exact) mass is 412 g/mol. The molecule has 0 aromatic heterocycles. The van der Waals surface area contributed by atoms with Crippen LogP contribution in [0.2, 0.25) is 0 Å². The van der Waals surface area contributed by atoms with E-state index in [0.29, 0.717) is 5.69 Å². The highest BCUT2D eigenvalue weighted by molar-refractivity contribution is 7.80. The summed E-state index contributed by atoms with van der Waals surface area (Å²) in [4.78, 5) is 25.7. The fraction of sp³-hybridized carbons (Fsp3) is 0.333. The fourth-order valence-corrected chi connectivity index (χ4v) is 3.93. The molecule has 2 aromatic rings. The molecule has 152 valence electrons. The van der Waals surface area contributed by atoms with Gasteiger partial charge >= 0.3 is 0 Å². The number of carbonyl (C=O) groups is 1. The Bertz CT molecular complexity index is 961. The number of amides is 1. The lowest BCUT2D eigenvalue weighted by molar-refractivity contribution is -0.384. The van der Waals surface area contributed by atoms with Crippen molar-refractivity contribution in [1.29, 1.82) is 0 Å². The zero-order valence-corrected chi connectivity index (χ0v) is 17.6. The molecule has 0 atom stereocenters. The number of nitro benzene ring substituents is 1. The van der Waals surface area contributed by atoms with Crippen LogP contribution >= 0.6 is 12.2 Å². The van der Waals surface area contributed by atoms with Crippen LogP contribution in [0, 0.1) is 30.9 Å². The molecular formula is C21H24N4O3S. The lowest BCUT2D eigenvalue weighted by atomic mass is 10.1. The van der Waals surface area contributed by atoms with Crippen molar-refractivity contribution >= 4 is 40.3 Å². The molecule has 3 rings (SSSR count). The molecule has 1 fully saturated rings. The molecule has 1 aliphatic heterocycles. The summed E-state index contributed by atoms with van der Waals surface area (Å²) in [7, 11) is 0. The van der Waals surface area contributed by atoms with Crippen molar-refractivity contribution in [2.24, 2.45) is 0 Å². The Morgan fingerprint density at radius 3 is 2.31 bits per heavy atom. The zero-order valence-electron chi connectivity index (χ0n) is 16.7.